The van der Waals surface area contributed by atoms with Crippen LogP contribution in [-0.2, 0) is 6.42 Å². The molecule has 0 radical (unpaired) electrons. The number of hydrogen-bond acceptors (Lipinski definition) is 3. The molecule has 0 aromatic carbocycles. The molecule has 0 saturated carbocycles. The molecule has 1 aromatic rings. The minimum absolute atomic E-state index is 0.336. The van der Waals surface area contributed by atoms with Crippen LogP contribution in [0.1, 0.15) is 5.56 Å². The summed E-state index contributed by atoms with van der Waals surface area (Å²) >= 11 is 0. The molecular weight excluding hydrogens is 182 g/mol. The average molecular weight is 195 g/mol. The normalized spacial score (nSPS) is 10.7. The van der Waals surface area contributed by atoms with Gasteiger partial charge in [0.25, 0.3) is 5.56 Å². The van der Waals surface area contributed by atoms with Crippen LogP contribution in [0.4, 0.5) is 0 Å². The second kappa shape index (κ2) is 4.45. The highest BCUT2D eigenvalue weighted by Crippen LogP contribution is 1.89. The van der Waals surface area contributed by atoms with E-state index in [9.17, 15) is 9.59 Å². The summed E-state index contributed by atoms with van der Waals surface area (Å²) in [6.07, 6.45) is 5.64. The minimum atomic E-state index is -0.477. The summed E-state index contributed by atoms with van der Waals surface area (Å²) in [7, 11) is 3.79. The van der Waals surface area contributed by atoms with Crippen molar-refractivity contribution in [1.29, 1.82) is 0 Å². The average Bonchev–Trinajstić information content (AvgIpc) is 2.08. The number of aromatic nitrogens is 2. The van der Waals surface area contributed by atoms with Crippen LogP contribution < -0.4 is 11.2 Å². The quantitative estimate of drug-likeness (QED) is 0.694. The lowest BCUT2D eigenvalue weighted by Crippen LogP contribution is -2.24. The van der Waals surface area contributed by atoms with Crippen molar-refractivity contribution in [3.05, 3.63) is 44.9 Å². The fourth-order valence-electron chi connectivity index (χ4n) is 0.980. The van der Waals surface area contributed by atoms with E-state index < -0.39 is 5.69 Å². The van der Waals surface area contributed by atoms with Gasteiger partial charge in [-0.2, -0.15) is 0 Å². The van der Waals surface area contributed by atoms with Crippen molar-refractivity contribution in [2.45, 2.75) is 6.42 Å². The third-order valence-electron chi connectivity index (χ3n) is 1.64. The Morgan fingerprint density at radius 2 is 2.14 bits per heavy atom. The monoisotopic (exact) mass is 195 g/mol. The zero-order valence-electron chi connectivity index (χ0n) is 8.20. The van der Waals surface area contributed by atoms with E-state index in [1.807, 2.05) is 31.3 Å². The van der Waals surface area contributed by atoms with Gasteiger partial charge in [-0.05, 0) is 12.6 Å². The van der Waals surface area contributed by atoms with Crippen molar-refractivity contribution < 1.29 is 0 Å². The van der Waals surface area contributed by atoms with Gasteiger partial charge in [-0.25, -0.2) is 4.79 Å². The number of nitrogens with one attached hydrogen (secondary N) is 2. The lowest BCUT2D eigenvalue weighted by Gasteiger charge is -2.02. The second-order valence-electron chi connectivity index (χ2n) is 3.15. The topological polar surface area (TPSA) is 69.0 Å². The molecule has 14 heavy (non-hydrogen) atoms. The SMILES string of the molecule is CN(C)C=CCc1c[nH]c(=O)[nH]c1=O. The van der Waals surface area contributed by atoms with Gasteiger partial charge in [-0.15, -0.1) is 0 Å². The Bertz CT molecular complexity index is 428. The number of H-pyrrole nitrogens is 2. The van der Waals surface area contributed by atoms with E-state index in [4.69, 9.17) is 0 Å². The summed E-state index contributed by atoms with van der Waals surface area (Å²) in [5.41, 5.74) is -0.268. The standard InChI is InChI=1S/C9H13N3O2/c1-12(2)5-3-4-7-6-10-9(14)11-8(7)13/h3,5-6H,4H2,1-2H3,(H2,10,11,13,14). The Labute approximate surface area is 81.1 Å². The third kappa shape index (κ3) is 2.93. The molecule has 0 fully saturated rings. The maximum atomic E-state index is 11.2. The molecule has 1 heterocycles. The predicted molar refractivity (Wildman–Crippen MR) is 54.2 cm³/mol. The Balaban J connectivity index is 2.78. The molecule has 0 aliphatic rings. The van der Waals surface area contributed by atoms with Crippen LogP contribution >= 0.6 is 0 Å². The van der Waals surface area contributed by atoms with E-state index in [0.717, 1.165) is 0 Å². The van der Waals surface area contributed by atoms with E-state index >= 15 is 0 Å². The van der Waals surface area contributed by atoms with Gasteiger partial charge in [-0.1, -0.05) is 6.08 Å². The van der Waals surface area contributed by atoms with Gasteiger partial charge in [0.2, 0.25) is 0 Å². The van der Waals surface area contributed by atoms with Crippen LogP contribution in [0.5, 0.6) is 0 Å². The summed E-state index contributed by atoms with van der Waals surface area (Å²) in [6.45, 7) is 0. The highest BCUT2D eigenvalue weighted by molar-refractivity contribution is 5.08. The maximum Gasteiger partial charge on any atom is 0.325 e. The van der Waals surface area contributed by atoms with Gasteiger partial charge in [0.05, 0.1) is 0 Å². The van der Waals surface area contributed by atoms with E-state index in [0.29, 0.717) is 12.0 Å². The van der Waals surface area contributed by atoms with Crippen molar-refractivity contribution in [3.63, 3.8) is 0 Å². The van der Waals surface area contributed by atoms with E-state index in [1.54, 1.807) is 0 Å². The zero-order valence-corrected chi connectivity index (χ0v) is 8.20. The molecule has 1 rings (SSSR count). The number of aromatic amines is 2. The van der Waals surface area contributed by atoms with Crippen molar-refractivity contribution in [1.82, 2.24) is 14.9 Å². The van der Waals surface area contributed by atoms with Gasteiger partial charge in [0.1, 0.15) is 0 Å². The molecular formula is C9H13N3O2. The number of allylic oxidation sites excluding steroid dienone is 1. The number of rotatable bonds is 3. The molecule has 0 unspecified atom stereocenters. The maximum absolute atomic E-state index is 11.2. The number of nitrogens with zero attached hydrogens (tertiary/aromatic N) is 1. The van der Waals surface area contributed by atoms with Crippen molar-refractivity contribution in [2.75, 3.05) is 14.1 Å². The molecule has 0 atom stereocenters. The van der Waals surface area contributed by atoms with E-state index in [2.05, 4.69) is 9.97 Å². The minimum Gasteiger partial charge on any atom is -0.384 e. The second-order valence-corrected chi connectivity index (χ2v) is 3.15. The molecule has 0 aliphatic carbocycles. The molecule has 0 aliphatic heterocycles. The summed E-state index contributed by atoms with van der Waals surface area (Å²) in [4.78, 5) is 28.3. The van der Waals surface area contributed by atoms with E-state index in [-0.39, 0.29) is 5.56 Å². The third-order valence-corrected chi connectivity index (χ3v) is 1.64. The van der Waals surface area contributed by atoms with Gasteiger partial charge >= 0.3 is 5.69 Å². The van der Waals surface area contributed by atoms with Gasteiger partial charge < -0.3 is 9.88 Å². The molecule has 0 bridgehead atoms. The predicted octanol–water partition coefficient (Wildman–Crippen LogP) is -0.319. The lowest BCUT2D eigenvalue weighted by molar-refractivity contribution is 0.561. The molecule has 1 aromatic heterocycles. The first-order chi connectivity index (χ1) is 6.59. The first-order valence-electron chi connectivity index (χ1n) is 4.23. The fourth-order valence-corrected chi connectivity index (χ4v) is 0.980. The van der Waals surface area contributed by atoms with Crippen LogP contribution in [0.25, 0.3) is 0 Å². The Morgan fingerprint density at radius 3 is 2.71 bits per heavy atom. The van der Waals surface area contributed by atoms with Crippen molar-refractivity contribution in [2.24, 2.45) is 0 Å². The largest absolute Gasteiger partial charge is 0.384 e. The first kappa shape index (κ1) is 10.3. The molecule has 5 heteroatoms. The van der Waals surface area contributed by atoms with Crippen molar-refractivity contribution >= 4 is 0 Å². The molecule has 5 nitrogen and oxygen atoms in total. The molecule has 76 valence electrons. The summed E-state index contributed by atoms with van der Waals surface area (Å²) in [5.74, 6) is 0. The van der Waals surface area contributed by atoms with Crippen LogP contribution in [-0.4, -0.2) is 29.0 Å². The Morgan fingerprint density at radius 1 is 1.43 bits per heavy atom. The summed E-state index contributed by atoms with van der Waals surface area (Å²) in [5, 5.41) is 0. The van der Waals surface area contributed by atoms with Gasteiger partial charge in [0.15, 0.2) is 0 Å². The highest BCUT2D eigenvalue weighted by Gasteiger charge is 1.96. The molecule has 0 spiro atoms. The Kier molecular flexibility index (Phi) is 3.28. The first-order valence-corrected chi connectivity index (χ1v) is 4.23. The summed E-state index contributed by atoms with van der Waals surface area (Å²) in [6, 6.07) is 0. The van der Waals surface area contributed by atoms with Crippen LogP contribution in [0.2, 0.25) is 0 Å². The van der Waals surface area contributed by atoms with Crippen LogP contribution in [0.3, 0.4) is 0 Å². The lowest BCUT2D eigenvalue weighted by atomic mass is 10.2. The molecule has 0 saturated heterocycles. The summed E-state index contributed by atoms with van der Waals surface area (Å²) < 4.78 is 0. The molecule has 0 amide bonds. The number of hydrogen-bond donors (Lipinski definition) is 2. The smallest absolute Gasteiger partial charge is 0.325 e. The van der Waals surface area contributed by atoms with Gasteiger partial charge in [-0.3, -0.25) is 9.78 Å². The zero-order chi connectivity index (χ0) is 10.6. The van der Waals surface area contributed by atoms with Crippen molar-refractivity contribution in [3.8, 4) is 0 Å². The fraction of sp³-hybridized carbons (Fsp3) is 0.333. The van der Waals surface area contributed by atoms with Gasteiger partial charge in [0, 0.05) is 25.9 Å². The molecule has 2 N–H and O–H groups in total. The Hall–Kier alpha value is -1.78. The highest BCUT2D eigenvalue weighted by atomic mass is 16.2. The van der Waals surface area contributed by atoms with E-state index in [1.165, 1.54) is 6.20 Å². The van der Waals surface area contributed by atoms with Crippen LogP contribution in [0.15, 0.2) is 28.1 Å². The van der Waals surface area contributed by atoms with Crippen LogP contribution in [0, 0.1) is 0 Å².